The van der Waals surface area contributed by atoms with Crippen LogP contribution in [-0.2, 0) is 9.59 Å². The maximum Gasteiger partial charge on any atom is 0.242 e. The minimum Gasteiger partial charge on any atom is -0.340 e. The molecule has 0 aliphatic carbocycles. The van der Waals surface area contributed by atoms with E-state index in [1.807, 2.05) is 12.1 Å². The number of hydrogen-bond acceptors (Lipinski definition) is 5. The monoisotopic (exact) mass is 384 g/mol. The van der Waals surface area contributed by atoms with Crippen molar-refractivity contribution >= 4 is 51.9 Å². The first-order valence-electron chi connectivity index (χ1n) is 7.67. The molecule has 2 aliphatic heterocycles. The molecular formula is C16H17FN2O2S3. The number of thioether (sulfide) groups is 2. The first-order valence-corrected chi connectivity index (χ1v) is 10.1. The fourth-order valence-corrected chi connectivity index (χ4v) is 5.09. The highest BCUT2D eigenvalue weighted by Gasteiger charge is 2.31. The van der Waals surface area contributed by atoms with Crippen molar-refractivity contribution in [3.8, 4) is 0 Å². The zero-order valence-corrected chi connectivity index (χ0v) is 15.4. The van der Waals surface area contributed by atoms with Gasteiger partial charge in [-0.25, -0.2) is 4.39 Å². The summed E-state index contributed by atoms with van der Waals surface area (Å²) >= 11 is 8.08. The SMILES string of the molecule is O=C(CN1C(=O)CSC1=S)N1CCSC(c2ccccc2F)CC1. The maximum atomic E-state index is 14.0. The molecule has 3 rings (SSSR count). The average molecular weight is 385 g/mol. The molecule has 1 unspecified atom stereocenters. The summed E-state index contributed by atoms with van der Waals surface area (Å²) in [6.45, 7) is 1.18. The Labute approximate surface area is 154 Å². The molecule has 0 aromatic heterocycles. The van der Waals surface area contributed by atoms with Crippen LogP contribution in [-0.4, -0.2) is 57.1 Å². The molecule has 0 spiro atoms. The van der Waals surface area contributed by atoms with Crippen LogP contribution < -0.4 is 0 Å². The molecule has 8 heteroatoms. The van der Waals surface area contributed by atoms with Crippen LogP contribution in [0.4, 0.5) is 4.39 Å². The molecule has 2 saturated heterocycles. The molecular weight excluding hydrogens is 367 g/mol. The van der Waals surface area contributed by atoms with Gasteiger partial charge in [0.25, 0.3) is 0 Å². The van der Waals surface area contributed by atoms with E-state index >= 15 is 0 Å². The second-order valence-corrected chi connectivity index (χ2v) is 8.50. The first kappa shape index (κ1) is 17.7. The molecule has 128 valence electrons. The van der Waals surface area contributed by atoms with Gasteiger partial charge in [0.15, 0.2) is 0 Å². The third-order valence-electron chi connectivity index (χ3n) is 4.08. The molecule has 0 saturated carbocycles. The lowest BCUT2D eigenvalue weighted by molar-refractivity contribution is -0.135. The highest BCUT2D eigenvalue weighted by molar-refractivity contribution is 8.23. The van der Waals surface area contributed by atoms with Crippen LogP contribution >= 0.6 is 35.7 Å². The number of thiocarbonyl (C=S) groups is 1. The zero-order chi connectivity index (χ0) is 17.1. The van der Waals surface area contributed by atoms with Crippen LogP contribution in [0.5, 0.6) is 0 Å². The van der Waals surface area contributed by atoms with Crippen LogP contribution in [0.2, 0.25) is 0 Å². The van der Waals surface area contributed by atoms with Crippen molar-refractivity contribution in [2.24, 2.45) is 0 Å². The Morgan fingerprint density at radius 1 is 1.33 bits per heavy atom. The normalized spacial score (nSPS) is 22.0. The predicted octanol–water partition coefficient (Wildman–Crippen LogP) is 2.69. The Bertz CT molecular complexity index is 654. The summed E-state index contributed by atoms with van der Waals surface area (Å²) in [7, 11) is 0. The Kier molecular flexibility index (Phi) is 5.78. The van der Waals surface area contributed by atoms with Gasteiger partial charge in [-0.1, -0.05) is 42.2 Å². The van der Waals surface area contributed by atoms with Crippen LogP contribution in [0, 0.1) is 5.82 Å². The highest BCUT2D eigenvalue weighted by atomic mass is 32.2. The molecule has 0 N–H and O–H groups in total. The van der Waals surface area contributed by atoms with Crippen molar-refractivity contribution in [1.29, 1.82) is 0 Å². The van der Waals surface area contributed by atoms with Crippen molar-refractivity contribution in [2.75, 3.05) is 31.1 Å². The van der Waals surface area contributed by atoms with Gasteiger partial charge in [0, 0.05) is 29.7 Å². The predicted molar refractivity (Wildman–Crippen MR) is 99.6 cm³/mol. The van der Waals surface area contributed by atoms with E-state index in [2.05, 4.69) is 0 Å². The summed E-state index contributed by atoms with van der Waals surface area (Å²) in [6.07, 6.45) is 0.699. The van der Waals surface area contributed by atoms with Gasteiger partial charge in [-0.2, -0.15) is 11.8 Å². The number of nitrogens with zero attached hydrogens (tertiary/aromatic N) is 2. The Hall–Kier alpha value is -1.12. The fourth-order valence-electron chi connectivity index (χ4n) is 2.77. The van der Waals surface area contributed by atoms with Gasteiger partial charge in [-0.3, -0.25) is 14.5 Å². The number of rotatable bonds is 3. The zero-order valence-electron chi connectivity index (χ0n) is 12.9. The lowest BCUT2D eigenvalue weighted by Crippen LogP contribution is -2.43. The fraction of sp³-hybridized carbons (Fsp3) is 0.438. The van der Waals surface area contributed by atoms with Gasteiger partial charge in [0.05, 0.1) is 5.75 Å². The summed E-state index contributed by atoms with van der Waals surface area (Å²) in [5.41, 5.74) is 0.698. The molecule has 0 bridgehead atoms. The molecule has 1 aromatic rings. The van der Waals surface area contributed by atoms with Gasteiger partial charge in [0.2, 0.25) is 11.8 Å². The van der Waals surface area contributed by atoms with E-state index in [0.717, 1.165) is 5.75 Å². The maximum absolute atomic E-state index is 14.0. The Balaban J connectivity index is 1.61. The topological polar surface area (TPSA) is 40.6 Å². The molecule has 0 radical (unpaired) electrons. The average Bonchev–Trinajstić information content (AvgIpc) is 2.79. The molecule has 24 heavy (non-hydrogen) atoms. The summed E-state index contributed by atoms with van der Waals surface area (Å²) in [5, 5.41) is 0.0500. The number of halogens is 1. The molecule has 2 amide bonds. The number of carbonyl (C=O) groups excluding carboxylic acids is 2. The largest absolute Gasteiger partial charge is 0.340 e. The van der Waals surface area contributed by atoms with Gasteiger partial charge in [-0.15, -0.1) is 0 Å². The third-order valence-corrected chi connectivity index (χ3v) is 6.82. The summed E-state index contributed by atoms with van der Waals surface area (Å²) in [6, 6.07) is 6.80. The van der Waals surface area contributed by atoms with Gasteiger partial charge >= 0.3 is 0 Å². The number of hydrogen-bond donors (Lipinski definition) is 0. The van der Waals surface area contributed by atoms with E-state index in [1.165, 1.54) is 22.7 Å². The Morgan fingerprint density at radius 2 is 2.12 bits per heavy atom. The van der Waals surface area contributed by atoms with E-state index in [9.17, 15) is 14.0 Å². The molecule has 1 aromatic carbocycles. The van der Waals surface area contributed by atoms with E-state index in [4.69, 9.17) is 12.2 Å². The molecule has 2 heterocycles. The quantitative estimate of drug-likeness (QED) is 0.750. The van der Waals surface area contributed by atoms with E-state index in [-0.39, 0.29) is 29.4 Å². The van der Waals surface area contributed by atoms with Crippen LogP contribution in [0.1, 0.15) is 17.2 Å². The van der Waals surface area contributed by atoms with Crippen molar-refractivity contribution < 1.29 is 14.0 Å². The molecule has 4 nitrogen and oxygen atoms in total. The van der Waals surface area contributed by atoms with Crippen molar-refractivity contribution in [2.45, 2.75) is 11.7 Å². The van der Waals surface area contributed by atoms with Gasteiger partial charge in [-0.05, 0) is 12.5 Å². The van der Waals surface area contributed by atoms with Crippen molar-refractivity contribution in [3.05, 3.63) is 35.6 Å². The standard InChI is InChI=1S/C16H17FN2O2S3/c17-12-4-2-1-3-11(12)13-5-6-18(7-8-23-13)14(20)9-19-15(21)10-24-16(19)22/h1-4,13H,5-10H2. The molecule has 2 aliphatic rings. The van der Waals surface area contributed by atoms with Crippen LogP contribution in [0.3, 0.4) is 0 Å². The second-order valence-electron chi connectivity index (χ2n) is 5.58. The second kappa shape index (κ2) is 7.84. The smallest absolute Gasteiger partial charge is 0.242 e. The summed E-state index contributed by atoms with van der Waals surface area (Å²) < 4.78 is 14.4. The van der Waals surface area contributed by atoms with Crippen LogP contribution in [0.25, 0.3) is 0 Å². The lowest BCUT2D eigenvalue weighted by Gasteiger charge is -2.23. The summed E-state index contributed by atoms with van der Waals surface area (Å²) in [4.78, 5) is 27.4. The minimum atomic E-state index is -0.195. The van der Waals surface area contributed by atoms with Gasteiger partial charge < -0.3 is 4.90 Å². The highest BCUT2D eigenvalue weighted by Crippen LogP contribution is 2.35. The van der Waals surface area contributed by atoms with Crippen molar-refractivity contribution in [1.82, 2.24) is 9.80 Å². The van der Waals surface area contributed by atoms with Crippen molar-refractivity contribution in [3.63, 3.8) is 0 Å². The third kappa shape index (κ3) is 3.92. The number of carbonyl (C=O) groups is 2. The number of benzene rings is 1. The van der Waals surface area contributed by atoms with Crippen LogP contribution in [0.15, 0.2) is 24.3 Å². The number of amides is 2. The van der Waals surface area contributed by atoms with E-state index in [1.54, 1.807) is 22.7 Å². The minimum absolute atomic E-state index is 0.0136. The summed E-state index contributed by atoms with van der Waals surface area (Å²) in [5.74, 6) is 0.671. The first-order chi connectivity index (χ1) is 11.6. The van der Waals surface area contributed by atoms with E-state index in [0.29, 0.717) is 35.1 Å². The van der Waals surface area contributed by atoms with Gasteiger partial charge in [0.1, 0.15) is 16.7 Å². The lowest BCUT2D eigenvalue weighted by atomic mass is 10.1. The molecule has 2 fully saturated rings. The van der Waals surface area contributed by atoms with E-state index < -0.39 is 0 Å². The Morgan fingerprint density at radius 3 is 2.83 bits per heavy atom. The molecule has 1 atom stereocenters.